The smallest absolute Gasteiger partial charge is 0.223 e. The molecule has 4 rings (SSSR count). The van der Waals surface area contributed by atoms with Crippen LogP contribution in [-0.2, 0) is 4.79 Å². The van der Waals surface area contributed by atoms with Gasteiger partial charge < -0.3 is 15.1 Å². The maximum absolute atomic E-state index is 12.9. The predicted molar refractivity (Wildman–Crippen MR) is 133 cm³/mol. The molecular formula is C27H38N4O. The molecule has 1 saturated heterocycles. The maximum Gasteiger partial charge on any atom is 0.223 e. The van der Waals surface area contributed by atoms with Gasteiger partial charge in [0.05, 0.1) is 6.04 Å². The molecule has 32 heavy (non-hydrogen) atoms. The van der Waals surface area contributed by atoms with Gasteiger partial charge in [0, 0.05) is 64.1 Å². The molecule has 1 amide bonds. The number of carbonyl (C=O) groups excluding carboxylic acids is 1. The van der Waals surface area contributed by atoms with Gasteiger partial charge in [-0.1, -0.05) is 49.6 Å². The van der Waals surface area contributed by atoms with Crippen molar-refractivity contribution >= 4 is 17.3 Å². The molecule has 1 saturated carbocycles. The van der Waals surface area contributed by atoms with E-state index in [0.29, 0.717) is 6.54 Å². The summed E-state index contributed by atoms with van der Waals surface area (Å²) in [6.07, 6.45) is 5.74. The first-order valence-corrected chi connectivity index (χ1v) is 12.2. The minimum absolute atomic E-state index is 0.204. The number of amides is 1. The van der Waals surface area contributed by atoms with Crippen LogP contribution in [0, 0.1) is 5.92 Å². The summed E-state index contributed by atoms with van der Waals surface area (Å²) >= 11 is 0. The fourth-order valence-corrected chi connectivity index (χ4v) is 5.09. The van der Waals surface area contributed by atoms with Crippen LogP contribution in [0.5, 0.6) is 0 Å². The average Bonchev–Trinajstić information content (AvgIpc) is 2.86. The van der Waals surface area contributed by atoms with E-state index in [9.17, 15) is 4.79 Å². The number of carbonyl (C=O) groups is 1. The topological polar surface area (TPSA) is 38.8 Å². The number of piperazine rings is 1. The van der Waals surface area contributed by atoms with Gasteiger partial charge >= 0.3 is 0 Å². The van der Waals surface area contributed by atoms with Crippen LogP contribution in [0.25, 0.3) is 0 Å². The van der Waals surface area contributed by atoms with Crippen molar-refractivity contribution in [2.24, 2.45) is 5.92 Å². The van der Waals surface area contributed by atoms with E-state index in [1.54, 1.807) is 0 Å². The zero-order valence-electron chi connectivity index (χ0n) is 19.7. The van der Waals surface area contributed by atoms with E-state index in [1.165, 1.54) is 36.2 Å². The Bertz CT molecular complexity index is 838. The summed E-state index contributed by atoms with van der Waals surface area (Å²) in [6, 6.07) is 19.7. The molecule has 0 radical (unpaired) electrons. The standard InChI is InChI=1S/C27H38N4O/c1-29(2)24-15-13-22(14-16-24)26(21-28-27(32)23-9-5-3-6-10-23)31-19-17-30(18-20-31)25-11-7-4-8-12-25/h4,7-8,11-16,23,26H,3,5-6,9-10,17-21H2,1-2H3,(H,28,32)/t26-/m0/s1. The predicted octanol–water partition coefficient (Wildman–Crippen LogP) is 4.31. The van der Waals surface area contributed by atoms with Gasteiger partial charge in [0.25, 0.3) is 0 Å². The number of nitrogens with zero attached hydrogens (tertiary/aromatic N) is 3. The number of anilines is 2. The normalized spacial score (nSPS) is 18.9. The van der Waals surface area contributed by atoms with Crippen LogP contribution in [0.2, 0.25) is 0 Å². The van der Waals surface area contributed by atoms with Crippen LogP contribution in [0.1, 0.15) is 43.7 Å². The van der Waals surface area contributed by atoms with Crippen LogP contribution >= 0.6 is 0 Å². The number of hydrogen-bond acceptors (Lipinski definition) is 4. The number of nitrogens with one attached hydrogen (secondary N) is 1. The number of para-hydroxylation sites is 1. The molecule has 1 N–H and O–H groups in total. The van der Waals surface area contributed by atoms with E-state index in [0.717, 1.165) is 39.0 Å². The Hall–Kier alpha value is -2.53. The van der Waals surface area contributed by atoms with Crippen LogP contribution in [0.15, 0.2) is 54.6 Å². The van der Waals surface area contributed by atoms with Crippen molar-refractivity contribution in [3.8, 4) is 0 Å². The highest BCUT2D eigenvalue weighted by Gasteiger charge is 2.27. The minimum atomic E-state index is 0.204. The Morgan fingerprint density at radius 3 is 2.22 bits per heavy atom. The lowest BCUT2D eigenvalue weighted by Crippen LogP contribution is -2.50. The molecular weight excluding hydrogens is 396 g/mol. The minimum Gasteiger partial charge on any atom is -0.378 e. The zero-order chi connectivity index (χ0) is 22.3. The molecule has 2 aliphatic rings. The number of rotatable bonds is 7. The molecule has 2 aromatic carbocycles. The van der Waals surface area contributed by atoms with Gasteiger partial charge in [-0.2, -0.15) is 0 Å². The van der Waals surface area contributed by atoms with E-state index in [2.05, 4.69) is 88.7 Å². The average molecular weight is 435 g/mol. The Kier molecular flexibility index (Phi) is 7.69. The lowest BCUT2D eigenvalue weighted by molar-refractivity contribution is -0.126. The molecule has 1 aliphatic carbocycles. The quantitative estimate of drug-likeness (QED) is 0.705. The third-order valence-corrected chi connectivity index (χ3v) is 7.12. The molecule has 0 bridgehead atoms. The molecule has 2 fully saturated rings. The third-order valence-electron chi connectivity index (χ3n) is 7.12. The summed E-state index contributed by atoms with van der Waals surface area (Å²) in [5.41, 5.74) is 3.78. The van der Waals surface area contributed by atoms with Gasteiger partial charge in [-0.15, -0.1) is 0 Å². The molecule has 1 atom stereocenters. The number of benzene rings is 2. The largest absolute Gasteiger partial charge is 0.378 e. The van der Waals surface area contributed by atoms with Gasteiger partial charge in [0.2, 0.25) is 5.91 Å². The Balaban J connectivity index is 1.44. The fourth-order valence-electron chi connectivity index (χ4n) is 5.09. The summed E-state index contributed by atoms with van der Waals surface area (Å²) in [4.78, 5) is 20.0. The highest BCUT2D eigenvalue weighted by atomic mass is 16.1. The summed E-state index contributed by atoms with van der Waals surface area (Å²) < 4.78 is 0. The third kappa shape index (κ3) is 5.63. The second-order valence-electron chi connectivity index (χ2n) is 9.44. The molecule has 172 valence electrons. The van der Waals surface area contributed by atoms with Crippen molar-refractivity contribution in [2.45, 2.75) is 38.1 Å². The van der Waals surface area contributed by atoms with E-state index >= 15 is 0 Å². The summed E-state index contributed by atoms with van der Waals surface area (Å²) in [6.45, 7) is 4.68. The van der Waals surface area contributed by atoms with E-state index < -0.39 is 0 Å². The van der Waals surface area contributed by atoms with Gasteiger partial charge in [0.1, 0.15) is 0 Å². The van der Waals surface area contributed by atoms with Gasteiger partial charge in [-0.05, 0) is 42.7 Å². The van der Waals surface area contributed by atoms with E-state index in [4.69, 9.17) is 0 Å². The van der Waals surface area contributed by atoms with Crippen LogP contribution in [-0.4, -0.2) is 57.6 Å². The maximum atomic E-state index is 12.9. The Labute approximate surface area is 193 Å². The van der Waals surface area contributed by atoms with Crippen molar-refractivity contribution in [3.63, 3.8) is 0 Å². The van der Waals surface area contributed by atoms with Crippen LogP contribution < -0.4 is 15.1 Å². The van der Waals surface area contributed by atoms with Gasteiger partial charge in [0.15, 0.2) is 0 Å². The second-order valence-corrected chi connectivity index (χ2v) is 9.44. The molecule has 2 aromatic rings. The van der Waals surface area contributed by atoms with Crippen molar-refractivity contribution in [2.75, 3.05) is 56.6 Å². The summed E-state index contributed by atoms with van der Waals surface area (Å²) in [5, 5.41) is 3.32. The van der Waals surface area contributed by atoms with Crippen molar-refractivity contribution < 1.29 is 4.79 Å². The fraction of sp³-hybridized carbons (Fsp3) is 0.519. The SMILES string of the molecule is CN(C)c1ccc([C@H](CNC(=O)C2CCCCC2)N2CCN(c3ccccc3)CC2)cc1. The van der Waals surface area contributed by atoms with Crippen molar-refractivity contribution in [1.29, 1.82) is 0 Å². The first kappa shape index (κ1) is 22.7. The molecule has 0 unspecified atom stereocenters. The van der Waals surface area contributed by atoms with Crippen LogP contribution in [0.3, 0.4) is 0 Å². The van der Waals surface area contributed by atoms with Gasteiger partial charge in [-0.3, -0.25) is 9.69 Å². The second kappa shape index (κ2) is 10.9. The van der Waals surface area contributed by atoms with Crippen LogP contribution in [0.4, 0.5) is 11.4 Å². The van der Waals surface area contributed by atoms with E-state index in [1.807, 2.05) is 0 Å². The molecule has 5 nitrogen and oxygen atoms in total. The Morgan fingerprint density at radius 2 is 1.59 bits per heavy atom. The van der Waals surface area contributed by atoms with Crippen molar-refractivity contribution in [3.05, 3.63) is 60.2 Å². The Morgan fingerprint density at radius 1 is 0.938 bits per heavy atom. The zero-order valence-corrected chi connectivity index (χ0v) is 19.7. The highest BCUT2D eigenvalue weighted by molar-refractivity contribution is 5.78. The van der Waals surface area contributed by atoms with Crippen molar-refractivity contribution in [1.82, 2.24) is 10.2 Å². The number of hydrogen-bond donors (Lipinski definition) is 1. The lowest BCUT2D eigenvalue weighted by atomic mass is 9.88. The van der Waals surface area contributed by atoms with Gasteiger partial charge in [-0.25, -0.2) is 0 Å². The first-order valence-electron chi connectivity index (χ1n) is 12.2. The summed E-state index contributed by atoms with van der Waals surface area (Å²) in [5.74, 6) is 0.456. The highest BCUT2D eigenvalue weighted by Crippen LogP contribution is 2.27. The monoisotopic (exact) mass is 434 g/mol. The molecule has 1 heterocycles. The molecule has 0 aromatic heterocycles. The lowest BCUT2D eigenvalue weighted by Gasteiger charge is -2.40. The molecule has 1 aliphatic heterocycles. The van der Waals surface area contributed by atoms with E-state index in [-0.39, 0.29) is 17.9 Å². The first-order chi connectivity index (χ1) is 15.6. The molecule has 5 heteroatoms. The summed E-state index contributed by atoms with van der Waals surface area (Å²) in [7, 11) is 4.14. The molecule has 0 spiro atoms.